The maximum Gasteiger partial charge on any atom is 0.199 e. The minimum Gasteiger partial charge on any atom is -0.152 e. The van der Waals surface area contributed by atoms with E-state index in [-0.39, 0.29) is 5.38 Å². The van der Waals surface area contributed by atoms with Gasteiger partial charge in [-0.15, -0.1) is 21.3 Å². The fourth-order valence-electron chi connectivity index (χ4n) is 1.44. The van der Waals surface area contributed by atoms with Gasteiger partial charge in [0.2, 0.25) is 0 Å². The van der Waals surface area contributed by atoms with Crippen LogP contribution in [0.15, 0.2) is 12.1 Å². The molecule has 0 spiro atoms. The molecule has 15 heavy (non-hydrogen) atoms. The van der Waals surface area contributed by atoms with Crippen LogP contribution in [-0.4, -0.2) is 30.6 Å². The first-order valence-electron chi connectivity index (χ1n) is 4.98. The van der Waals surface area contributed by atoms with Crippen molar-refractivity contribution in [1.82, 2.24) is 25.3 Å². The molecule has 6 heteroatoms. The normalized spacial score (nSPS) is 13.2. The summed E-state index contributed by atoms with van der Waals surface area (Å²) in [5.41, 5.74) is 1.57. The van der Waals surface area contributed by atoms with Crippen LogP contribution >= 0.6 is 11.6 Å². The molecule has 0 fully saturated rings. The molecule has 2 rings (SSSR count). The average molecular weight is 226 g/mol. The molecule has 0 aliphatic rings. The standard InChI is InChI=1S/C9H12ClN5/c1-2-3-7(10)6-8-4-5-9-11-13-14-15(9)12-8/h4-5,7H,2-3,6H2,1H3. The Morgan fingerprint density at radius 1 is 1.47 bits per heavy atom. The molecule has 2 aromatic heterocycles. The molecule has 0 saturated carbocycles. The van der Waals surface area contributed by atoms with Crippen LogP contribution < -0.4 is 0 Å². The monoisotopic (exact) mass is 225 g/mol. The van der Waals surface area contributed by atoms with Gasteiger partial charge in [0, 0.05) is 11.8 Å². The summed E-state index contributed by atoms with van der Waals surface area (Å²) in [6.07, 6.45) is 2.84. The summed E-state index contributed by atoms with van der Waals surface area (Å²) in [6, 6.07) is 3.76. The molecule has 0 bridgehead atoms. The highest BCUT2D eigenvalue weighted by Gasteiger charge is 2.07. The number of hydrogen-bond acceptors (Lipinski definition) is 4. The summed E-state index contributed by atoms with van der Waals surface area (Å²) in [4.78, 5) is 0. The lowest BCUT2D eigenvalue weighted by Crippen LogP contribution is -2.07. The SMILES string of the molecule is CCCC(Cl)Cc1ccc2nnnn2n1. The second-order valence-electron chi connectivity index (χ2n) is 3.44. The van der Waals surface area contributed by atoms with Crippen molar-refractivity contribution < 1.29 is 0 Å². The van der Waals surface area contributed by atoms with E-state index in [1.54, 1.807) is 0 Å². The van der Waals surface area contributed by atoms with E-state index in [9.17, 15) is 0 Å². The zero-order chi connectivity index (χ0) is 10.7. The lowest BCUT2D eigenvalue weighted by atomic mass is 10.1. The zero-order valence-electron chi connectivity index (χ0n) is 8.47. The second-order valence-corrected chi connectivity index (χ2v) is 4.06. The summed E-state index contributed by atoms with van der Waals surface area (Å²) < 4.78 is 1.42. The molecule has 2 heterocycles. The molecule has 1 unspecified atom stereocenters. The van der Waals surface area contributed by atoms with Gasteiger partial charge in [0.05, 0.1) is 5.69 Å². The van der Waals surface area contributed by atoms with Gasteiger partial charge in [-0.05, 0) is 29.0 Å². The fraction of sp³-hybridized carbons (Fsp3) is 0.556. The molecular formula is C9H12ClN5. The highest BCUT2D eigenvalue weighted by Crippen LogP contribution is 2.11. The van der Waals surface area contributed by atoms with Gasteiger partial charge in [0.15, 0.2) is 5.65 Å². The predicted molar refractivity (Wildman–Crippen MR) is 56.8 cm³/mol. The molecule has 0 saturated heterocycles. The molecule has 5 nitrogen and oxygen atoms in total. The Morgan fingerprint density at radius 2 is 2.33 bits per heavy atom. The topological polar surface area (TPSA) is 56.0 Å². The van der Waals surface area contributed by atoms with Crippen molar-refractivity contribution in [1.29, 1.82) is 0 Å². The van der Waals surface area contributed by atoms with Crippen molar-refractivity contribution in [2.24, 2.45) is 0 Å². The van der Waals surface area contributed by atoms with Gasteiger partial charge >= 0.3 is 0 Å². The highest BCUT2D eigenvalue weighted by molar-refractivity contribution is 6.20. The number of alkyl halides is 1. The smallest absolute Gasteiger partial charge is 0.152 e. The van der Waals surface area contributed by atoms with Gasteiger partial charge in [-0.2, -0.15) is 5.10 Å². The highest BCUT2D eigenvalue weighted by atomic mass is 35.5. The van der Waals surface area contributed by atoms with Crippen LogP contribution in [0.3, 0.4) is 0 Å². The van der Waals surface area contributed by atoms with E-state index in [0.717, 1.165) is 25.0 Å². The van der Waals surface area contributed by atoms with E-state index < -0.39 is 0 Å². The number of halogens is 1. The minimum absolute atomic E-state index is 0.136. The first-order chi connectivity index (χ1) is 7.29. The number of tetrazole rings is 1. The van der Waals surface area contributed by atoms with Crippen molar-refractivity contribution in [3.63, 3.8) is 0 Å². The Kier molecular flexibility index (Phi) is 3.11. The van der Waals surface area contributed by atoms with Gasteiger partial charge in [-0.1, -0.05) is 13.3 Å². The van der Waals surface area contributed by atoms with Crippen LogP contribution in [0.2, 0.25) is 0 Å². The van der Waals surface area contributed by atoms with Crippen molar-refractivity contribution in [3.05, 3.63) is 17.8 Å². The quantitative estimate of drug-likeness (QED) is 0.740. The van der Waals surface area contributed by atoms with E-state index in [1.807, 2.05) is 12.1 Å². The van der Waals surface area contributed by atoms with Crippen LogP contribution in [0, 0.1) is 0 Å². The third-order valence-corrected chi connectivity index (χ3v) is 2.53. The maximum atomic E-state index is 6.14. The fourth-order valence-corrected chi connectivity index (χ4v) is 1.81. The summed E-state index contributed by atoms with van der Waals surface area (Å²) >= 11 is 6.14. The van der Waals surface area contributed by atoms with Gasteiger partial charge in [0.25, 0.3) is 0 Å². The molecular weight excluding hydrogens is 214 g/mol. The van der Waals surface area contributed by atoms with Gasteiger partial charge in [-0.3, -0.25) is 0 Å². The number of hydrogen-bond donors (Lipinski definition) is 0. The van der Waals surface area contributed by atoms with E-state index >= 15 is 0 Å². The molecule has 1 atom stereocenters. The van der Waals surface area contributed by atoms with Crippen molar-refractivity contribution in [2.45, 2.75) is 31.6 Å². The Bertz CT molecular complexity index is 441. The Labute approximate surface area is 92.4 Å². The van der Waals surface area contributed by atoms with Gasteiger partial charge in [-0.25, -0.2) is 0 Å². The maximum absolute atomic E-state index is 6.14. The Hall–Kier alpha value is -1.23. The lowest BCUT2D eigenvalue weighted by Gasteiger charge is -2.06. The summed E-state index contributed by atoms with van der Waals surface area (Å²) in [5, 5.41) is 15.4. The lowest BCUT2D eigenvalue weighted by molar-refractivity contribution is 0.672. The Balaban J connectivity index is 2.14. The number of fused-ring (bicyclic) bond motifs is 1. The zero-order valence-corrected chi connectivity index (χ0v) is 9.22. The van der Waals surface area contributed by atoms with E-state index in [4.69, 9.17) is 11.6 Å². The minimum atomic E-state index is 0.136. The van der Waals surface area contributed by atoms with Crippen molar-refractivity contribution in [2.75, 3.05) is 0 Å². The molecule has 0 aliphatic heterocycles. The van der Waals surface area contributed by atoms with Crippen molar-refractivity contribution in [3.8, 4) is 0 Å². The molecule has 2 aromatic rings. The average Bonchev–Trinajstić information content (AvgIpc) is 2.65. The third-order valence-electron chi connectivity index (χ3n) is 2.16. The molecule has 80 valence electrons. The van der Waals surface area contributed by atoms with E-state index in [0.29, 0.717) is 5.65 Å². The van der Waals surface area contributed by atoms with Crippen LogP contribution in [0.4, 0.5) is 0 Å². The van der Waals surface area contributed by atoms with Crippen LogP contribution in [-0.2, 0) is 6.42 Å². The van der Waals surface area contributed by atoms with Gasteiger partial charge < -0.3 is 0 Å². The predicted octanol–water partition coefficient (Wildman–Crippen LogP) is 1.47. The van der Waals surface area contributed by atoms with Crippen LogP contribution in [0.25, 0.3) is 5.65 Å². The van der Waals surface area contributed by atoms with Crippen LogP contribution in [0.5, 0.6) is 0 Å². The molecule has 0 N–H and O–H groups in total. The summed E-state index contributed by atoms with van der Waals surface area (Å²) in [6.45, 7) is 2.12. The largest absolute Gasteiger partial charge is 0.199 e. The van der Waals surface area contributed by atoms with Gasteiger partial charge in [0.1, 0.15) is 0 Å². The molecule has 0 amide bonds. The third kappa shape index (κ3) is 2.41. The second kappa shape index (κ2) is 4.53. The number of rotatable bonds is 4. The molecule has 0 aromatic carbocycles. The van der Waals surface area contributed by atoms with E-state index in [1.165, 1.54) is 4.63 Å². The summed E-state index contributed by atoms with van der Waals surface area (Å²) in [7, 11) is 0. The molecule has 0 aliphatic carbocycles. The number of aromatic nitrogens is 5. The van der Waals surface area contributed by atoms with Crippen molar-refractivity contribution >= 4 is 17.2 Å². The van der Waals surface area contributed by atoms with Crippen LogP contribution in [0.1, 0.15) is 25.5 Å². The Morgan fingerprint density at radius 3 is 3.13 bits per heavy atom. The first-order valence-corrected chi connectivity index (χ1v) is 5.41. The number of nitrogens with zero attached hydrogens (tertiary/aromatic N) is 5. The molecule has 0 radical (unpaired) electrons. The van der Waals surface area contributed by atoms with E-state index in [2.05, 4.69) is 27.5 Å². The first kappa shape index (κ1) is 10.3. The summed E-state index contributed by atoms with van der Waals surface area (Å²) in [5.74, 6) is 0.